The second kappa shape index (κ2) is 4.21. The average Bonchev–Trinajstić information content (AvgIpc) is 3.02. The summed E-state index contributed by atoms with van der Waals surface area (Å²) in [5.74, 6) is 0.870. The molecule has 1 aromatic rings. The van der Waals surface area contributed by atoms with Crippen molar-refractivity contribution in [2.75, 3.05) is 11.9 Å². The molecule has 0 aliphatic heterocycles. The van der Waals surface area contributed by atoms with Crippen molar-refractivity contribution >= 4 is 11.7 Å². The monoisotopic (exact) mass is 206 g/mol. The van der Waals surface area contributed by atoms with Gasteiger partial charge in [0.1, 0.15) is 5.75 Å². The van der Waals surface area contributed by atoms with E-state index in [1.807, 2.05) is 0 Å². The highest BCUT2D eigenvalue weighted by atomic mass is 16.3. The number of carbonyl (C=O) groups excluding carboxylic acids is 1. The van der Waals surface area contributed by atoms with E-state index in [4.69, 9.17) is 5.11 Å². The minimum atomic E-state index is -0.187. The molecule has 1 aliphatic rings. The molecule has 1 aromatic carbocycles. The van der Waals surface area contributed by atoms with Gasteiger partial charge in [-0.05, 0) is 43.0 Å². The minimum absolute atomic E-state index is 0.187. The number of hydrogen-bond donors (Lipinski definition) is 3. The molecule has 80 valence electrons. The van der Waals surface area contributed by atoms with Crippen LogP contribution in [0, 0.1) is 5.92 Å². The summed E-state index contributed by atoms with van der Waals surface area (Å²) in [5, 5.41) is 14.5. The Morgan fingerprint density at radius 3 is 2.60 bits per heavy atom. The maximum absolute atomic E-state index is 11.3. The maximum Gasteiger partial charge on any atom is 0.319 e. The van der Waals surface area contributed by atoms with Crippen molar-refractivity contribution in [2.45, 2.75) is 12.8 Å². The molecule has 0 heterocycles. The lowest BCUT2D eigenvalue weighted by atomic mass is 10.3. The van der Waals surface area contributed by atoms with Gasteiger partial charge in [0.2, 0.25) is 0 Å². The topological polar surface area (TPSA) is 61.4 Å². The predicted molar refractivity (Wildman–Crippen MR) is 57.9 cm³/mol. The predicted octanol–water partition coefficient (Wildman–Crippen LogP) is 1.92. The summed E-state index contributed by atoms with van der Waals surface area (Å²) in [7, 11) is 0. The van der Waals surface area contributed by atoms with Crippen molar-refractivity contribution in [3.63, 3.8) is 0 Å². The van der Waals surface area contributed by atoms with Crippen LogP contribution < -0.4 is 10.6 Å². The Kier molecular flexibility index (Phi) is 2.76. The second-order valence-electron chi connectivity index (χ2n) is 3.83. The van der Waals surface area contributed by atoms with Gasteiger partial charge in [-0.3, -0.25) is 0 Å². The molecule has 4 nitrogen and oxygen atoms in total. The SMILES string of the molecule is O=C(NCC1CC1)Nc1ccc(O)cc1. The third-order valence-corrected chi connectivity index (χ3v) is 2.37. The number of urea groups is 1. The third kappa shape index (κ3) is 3.16. The highest BCUT2D eigenvalue weighted by Crippen LogP contribution is 2.27. The van der Waals surface area contributed by atoms with Crippen molar-refractivity contribution in [1.29, 1.82) is 0 Å². The molecule has 0 radical (unpaired) electrons. The zero-order valence-corrected chi connectivity index (χ0v) is 8.36. The van der Waals surface area contributed by atoms with Gasteiger partial charge < -0.3 is 15.7 Å². The fourth-order valence-electron chi connectivity index (χ4n) is 1.28. The first-order chi connectivity index (χ1) is 7.24. The van der Waals surface area contributed by atoms with Gasteiger partial charge in [-0.25, -0.2) is 4.79 Å². The fourth-order valence-corrected chi connectivity index (χ4v) is 1.28. The van der Waals surface area contributed by atoms with Crippen LogP contribution in [0.25, 0.3) is 0 Å². The van der Waals surface area contributed by atoms with Gasteiger partial charge in [-0.1, -0.05) is 0 Å². The first-order valence-electron chi connectivity index (χ1n) is 5.08. The van der Waals surface area contributed by atoms with Crippen LogP contribution in [0.15, 0.2) is 24.3 Å². The lowest BCUT2D eigenvalue weighted by molar-refractivity contribution is 0.251. The van der Waals surface area contributed by atoms with Crippen molar-refractivity contribution in [3.8, 4) is 5.75 Å². The summed E-state index contributed by atoms with van der Waals surface area (Å²) in [6, 6.07) is 6.21. The first-order valence-corrected chi connectivity index (χ1v) is 5.08. The largest absolute Gasteiger partial charge is 0.508 e. The highest BCUT2D eigenvalue weighted by molar-refractivity contribution is 5.89. The average molecular weight is 206 g/mol. The Balaban J connectivity index is 1.79. The van der Waals surface area contributed by atoms with Crippen LogP contribution in [-0.4, -0.2) is 17.7 Å². The number of aromatic hydroxyl groups is 1. The summed E-state index contributed by atoms with van der Waals surface area (Å²) in [6.07, 6.45) is 2.44. The Morgan fingerprint density at radius 1 is 1.33 bits per heavy atom. The molecule has 2 rings (SSSR count). The van der Waals surface area contributed by atoms with E-state index in [0.717, 1.165) is 6.54 Å². The van der Waals surface area contributed by atoms with Crippen LogP contribution in [0.4, 0.5) is 10.5 Å². The van der Waals surface area contributed by atoms with E-state index in [1.165, 1.54) is 25.0 Å². The zero-order valence-electron chi connectivity index (χ0n) is 8.36. The van der Waals surface area contributed by atoms with Gasteiger partial charge >= 0.3 is 6.03 Å². The van der Waals surface area contributed by atoms with Gasteiger partial charge in [-0.15, -0.1) is 0 Å². The smallest absolute Gasteiger partial charge is 0.319 e. The van der Waals surface area contributed by atoms with Gasteiger partial charge in [0.15, 0.2) is 0 Å². The van der Waals surface area contributed by atoms with Crippen molar-refractivity contribution in [2.24, 2.45) is 5.92 Å². The Labute approximate surface area is 88.3 Å². The van der Waals surface area contributed by atoms with Crippen LogP contribution in [0.3, 0.4) is 0 Å². The van der Waals surface area contributed by atoms with Crippen molar-refractivity contribution in [3.05, 3.63) is 24.3 Å². The maximum atomic E-state index is 11.3. The van der Waals surface area contributed by atoms with Gasteiger partial charge in [-0.2, -0.15) is 0 Å². The number of amides is 2. The summed E-state index contributed by atoms with van der Waals surface area (Å²) in [6.45, 7) is 0.754. The summed E-state index contributed by atoms with van der Waals surface area (Å²) < 4.78 is 0. The number of anilines is 1. The van der Waals surface area contributed by atoms with E-state index in [0.29, 0.717) is 11.6 Å². The van der Waals surface area contributed by atoms with Crippen LogP contribution >= 0.6 is 0 Å². The normalized spacial score (nSPS) is 14.7. The molecule has 3 N–H and O–H groups in total. The number of hydrogen-bond acceptors (Lipinski definition) is 2. The number of rotatable bonds is 3. The van der Waals surface area contributed by atoms with Crippen LogP contribution in [0.1, 0.15) is 12.8 Å². The summed E-state index contributed by atoms with van der Waals surface area (Å²) in [5.41, 5.74) is 0.682. The number of phenols is 1. The molecule has 1 fully saturated rings. The molecular weight excluding hydrogens is 192 g/mol. The lowest BCUT2D eigenvalue weighted by Gasteiger charge is -2.06. The molecule has 0 bridgehead atoms. The number of benzene rings is 1. The molecule has 1 aliphatic carbocycles. The summed E-state index contributed by atoms with van der Waals surface area (Å²) in [4.78, 5) is 11.3. The van der Waals surface area contributed by atoms with Crippen molar-refractivity contribution < 1.29 is 9.90 Å². The number of nitrogens with one attached hydrogen (secondary N) is 2. The molecule has 0 unspecified atom stereocenters. The van der Waals surface area contributed by atoms with Gasteiger partial charge in [0, 0.05) is 12.2 Å². The van der Waals surface area contributed by atoms with Crippen molar-refractivity contribution in [1.82, 2.24) is 5.32 Å². The van der Waals surface area contributed by atoms with E-state index in [-0.39, 0.29) is 11.8 Å². The molecular formula is C11H14N2O2. The highest BCUT2D eigenvalue weighted by Gasteiger charge is 2.21. The Hall–Kier alpha value is -1.71. The zero-order chi connectivity index (χ0) is 10.7. The standard InChI is InChI=1S/C11H14N2O2/c14-10-5-3-9(4-6-10)13-11(15)12-7-8-1-2-8/h3-6,8,14H,1-2,7H2,(H2,12,13,15). The molecule has 0 saturated heterocycles. The van der Waals surface area contributed by atoms with E-state index in [1.54, 1.807) is 12.1 Å². The molecule has 15 heavy (non-hydrogen) atoms. The van der Waals surface area contributed by atoms with Crippen LogP contribution in [0.5, 0.6) is 5.75 Å². The molecule has 0 aromatic heterocycles. The minimum Gasteiger partial charge on any atom is -0.508 e. The van der Waals surface area contributed by atoms with Crippen LogP contribution in [0.2, 0.25) is 0 Å². The van der Waals surface area contributed by atoms with E-state index >= 15 is 0 Å². The molecule has 2 amide bonds. The lowest BCUT2D eigenvalue weighted by Crippen LogP contribution is -2.30. The second-order valence-corrected chi connectivity index (χ2v) is 3.83. The van der Waals surface area contributed by atoms with Crippen LogP contribution in [-0.2, 0) is 0 Å². The number of phenolic OH excluding ortho intramolecular Hbond substituents is 1. The Bertz CT molecular complexity index is 344. The molecule has 1 saturated carbocycles. The molecule has 0 spiro atoms. The quantitative estimate of drug-likeness (QED) is 0.662. The third-order valence-electron chi connectivity index (χ3n) is 2.37. The summed E-state index contributed by atoms with van der Waals surface area (Å²) >= 11 is 0. The molecule has 4 heteroatoms. The van der Waals surface area contributed by atoms with E-state index in [9.17, 15) is 4.79 Å². The van der Waals surface area contributed by atoms with E-state index in [2.05, 4.69) is 10.6 Å². The van der Waals surface area contributed by atoms with Gasteiger partial charge in [0.05, 0.1) is 0 Å². The van der Waals surface area contributed by atoms with E-state index < -0.39 is 0 Å². The van der Waals surface area contributed by atoms with Gasteiger partial charge in [0.25, 0.3) is 0 Å². The Morgan fingerprint density at radius 2 is 2.00 bits per heavy atom. The number of carbonyl (C=O) groups is 1. The first kappa shape index (κ1) is 9.83. The molecule has 0 atom stereocenters. The fraction of sp³-hybridized carbons (Fsp3) is 0.364.